The molecule has 8 nitrogen and oxygen atoms in total. The fraction of sp³-hybridized carbons (Fsp3) is 0.263. The van der Waals surface area contributed by atoms with Gasteiger partial charge in [0.15, 0.2) is 0 Å². The highest BCUT2D eigenvalue weighted by Gasteiger charge is 2.15. The van der Waals surface area contributed by atoms with Crippen LogP contribution in [0.3, 0.4) is 0 Å². The molecule has 0 spiro atoms. The van der Waals surface area contributed by atoms with E-state index in [4.69, 9.17) is 0 Å². The van der Waals surface area contributed by atoms with E-state index >= 15 is 0 Å². The molecule has 162 valence electrons. The topological polar surface area (TPSA) is 114 Å². The van der Waals surface area contributed by atoms with Crippen LogP contribution in [0.25, 0.3) is 0 Å². The molecule has 2 aromatic rings. The minimum absolute atomic E-state index is 0.0315. The van der Waals surface area contributed by atoms with Gasteiger partial charge in [0, 0.05) is 19.2 Å². The van der Waals surface area contributed by atoms with E-state index in [1.54, 1.807) is 12.1 Å². The van der Waals surface area contributed by atoms with Gasteiger partial charge in [0.2, 0.25) is 15.9 Å². The SMILES string of the molecule is CC(=O)Nc1ccc(NS(C)(=O)=O)c(C(=O)NCCc2ccc(OC(F)F)cc2)c1. The third-order valence-corrected chi connectivity index (χ3v) is 4.32. The van der Waals surface area contributed by atoms with Crippen molar-refractivity contribution in [1.29, 1.82) is 0 Å². The van der Waals surface area contributed by atoms with E-state index in [1.807, 2.05) is 0 Å². The molecule has 30 heavy (non-hydrogen) atoms. The monoisotopic (exact) mass is 441 g/mol. The second-order valence-electron chi connectivity index (χ2n) is 6.34. The molecule has 0 fully saturated rings. The molecule has 2 rings (SSSR count). The number of nitrogens with one attached hydrogen (secondary N) is 3. The zero-order chi connectivity index (χ0) is 22.3. The summed E-state index contributed by atoms with van der Waals surface area (Å²) in [6, 6.07) is 10.2. The van der Waals surface area contributed by atoms with E-state index in [0.717, 1.165) is 11.8 Å². The normalized spacial score (nSPS) is 11.1. The van der Waals surface area contributed by atoms with Gasteiger partial charge in [-0.15, -0.1) is 0 Å². The van der Waals surface area contributed by atoms with E-state index in [-0.39, 0.29) is 29.5 Å². The number of benzene rings is 2. The maximum Gasteiger partial charge on any atom is 0.387 e. The van der Waals surface area contributed by atoms with Gasteiger partial charge in [-0.2, -0.15) is 8.78 Å². The lowest BCUT2D eigenvalue weighted by Crippen LogP contribution is -2.27. The standard InChI is InChI=1S/C19H21F2N3O5S/c1-12(25)23-14-5-8-17(24-30(2,27)28)16(11-14)18(26)22-10-9-13-3-6-15(7-4-13)29-19(20)21/h3-8,11,19,24H,9-10H2,1-2H3,(H,22,26)(H,23,25). The Morgan fingerprint density at radius 3 is 2.33 bits per heavy atom. The Kier molecular flexibility index (Phi) is 7.70. The molecule has 11 heteroatoms. The molecule has 0 atom stereocenters. The fourth-order valence-corrected chi connectivity index (χ4v) is 3.13. The summed E-state index contributed by atoms with van der Waals surface area (Å²) in [7, 11) is -3.63. The van der Waals surface area contributed by atoms with Crippen LogP contribution in [0.4, 0.5) is 20.2 Å². The first-order chi connectivity index (χ1) is 14.0. The molecule has 0 heterocycles. The van der Waals surface area contributed by atoms with Gasteiger partial charge in [-0.3, -0.25) is 14.3 Å². The minimum atomic E-state index is -3.63. The second-order valence-corrected chi connectivity index (χ2v) is 8.09. The van der Waals surface area contributed by atoms with Crippen LogP contribution in [0.15, 0.2) is 42.5 Å². The molecule has 3 N–H and O–H groups in total. The average molecular weight is 441 g/mol. The Balaban J connectivity index is 2.07. The summed E-state index contributed by atoms with van der Waals surface area (Å²) in [5.74, 6) is -0.862. The molecular weight excluding hydrogens is 420 g/mol. The summed E-state index contributed by atoms with van der Waals surface area (Å²) in [4.78, 5) is 23.8. The number of carbonyl (C=O) groups is 2. The van der Waals surface area contributed by atoms with Crippen LogP contribution in [0.2, 0.25) is 0 Å². The Morgan fingerprint density at radius 1 is 1.10 bits per heavy atom. The molecule has 0 aliphatic rings. The van der Waals surface area contributed by atoms with Crippen molar-refractivity contribution in [2.75, 3.05) is 22.8 Å². The summed E-state index contributed by atoms with van der Waals surface area (Å²) in [6.07, 6.45) is 1.36. The molecule has 0 aliphatic heterocycles. The Morgan fingerprint density at radius 2 is 1.77 bits per heavy atom. The van der Waals surface area contributed by atoms with Crippen molar-refractivity contribution in [3.05, 3.63) is 53.6 Å². The zero-order valence-electron chi connectivity index (χ0n) is 16.2. The van der Waals surface area contributed by atoms with Gasteiger partial charge in [0.05, 0.1) is 17.5 Å². The van der Waals surface area contributed by atoms with Crippen LogP contribution in [-0.2, 0) is 21.2 Å². The zero-order valence-corrected chi connectivity index (χ0v) is 17.1. The van der Waals surface area contributed by atoms with Crippen LogP contribution in [0.5, 0.6) is 5.75 Å². The smallest absolute Gasteiger partial charge is 0.387 e. The van der Waals surface area contributed by atoms with Gasteiger partial charge in [-0.25, -0.2) is 8.42 Å². The van der Waals surface area contributed by atoms with Crippen LogP contribution in [0, 0.1) is 0 Å². The third kappa shape index (κ3) is 7.66. The molecule has 0 unspecified atom stereocenters. The second kappa shape index (κ2) is 10.0. The first-order valence-electron chi connectivity index (χ1n) is 8.75. The number of anilines is 2. The van der Waals surface area contributed by atoms with Crippen LogP contribution in [-0.4, -0.2) is 39.6 Å². The van der Waals surface area contributed by atoms with Gasteiger partial charge in [0.25, 0.3) is 5.91 Å². The predicted molar refractivity (Wildman–Crippen MR) is 108 cm³/mol. The minimum Gasteiger partial charge on any atom is -0.435 e. The maximum atomic E-state index is 12.6. The molecule has 0 saturated carbocycles. The van der Waals surface area contributed by atoms with Crippen LogP contribution < -0.4 is 20.1 Å². The number of carbonyl (C=O) groups excluding carboxylic acids is 2. The van der Waals surface area contributed by atoms with Crippen molar-refractivity contribution in [3.8, 4) is 5.75 Å². The first-order valence-corrected chi connectivity index (χ1v) is 10.6. The Bertz CT molecular complexity index is 1010. The van der Waals surface area contributed by atoms with Crippen molar-refractivity contribution in [1.82, 2.24) is 5.32 Å². The van der Waals surface area contributed by atoms with Crippen LogP contribution in [0.1, 0.15) is 22.8 Å². The molecule has 0 aliphatic carbocycles. The lowest BCUT2D eigenvalue weighted by Gasteiger charge is -2.13. The van der Waals surface area contributed by atoms with Crippen molar-refractivity contribution in [2.24, 2.45) is 0 Å². The summed E-state index contributed by atoms with van der Waals surface area (Å²) >= 11 is 0. The lowest BCUT2D eigenvalue weighted by atomic mass is 10.1. The Labute approximate surface area is 172 Å². The number of alkyl halides is 2. The van der Waals surface area contributed by atoms with E-state index in [2.05, 4.69) is 20.1 Å². The molecule has 0 saturated heterocycles. The largest absolute Gasteiger partial charge is 0.435 e. The molecule has 2 amide bonds. The molecule has 0 aromatic heterocycles. The van der Waals surface area contributed by atoms with Crippen LogP contribution >= 0.6 is 0 Å². The number of sulfonamides is 1. The highest BCUT2D eigenvalue weighted by molar-refractivity contribution is 7.92. The summed E-state index contributed by atoms with van der Waals surface area (Å²) < 4.78 is 54.0. The summed E-state index contributed by atoms with van der Waals surface area (Å²) in [6.45, 7) is -1.39. The fourth-order valence-electron chi connectivity index (χ4n) is 2.56. The number of hydrogen-bond acceptors (Lipinski definition) is 5. The van der Waals surface area contributed by atoms with Gasteiger partial charge < -0.3 is 15.4 Å². The summed E-state index contributed by atoms with van der Waals surface area (Å²) in [5.41, 5.74) is 1.21. The molecule has 0 bridgehead atoms. The molecule has 2 aromatic carbocycles. The molecule has 0 radical (unpaired) electrons. The van der Waals surface area contributed by atoms with Crippen molar-refractivity contribution in [2.45, 2.75) is 20.0 Å². The van der Waals surface area contributed by atoms with E-state index in [1.165, 1.54) is 37.3 Å². The van der Waals surface area contributed by atoms with Gasteiger partial charge in [-0.1, -0.05) is 12.1 Å². The summed E-state index contributed by atoms with van der Waals surface area (Å²) in [5, 5.41) is 5.19. The number of ether oxygens (including phenoxy) is 1. The third-order valence-electron chi connectivity index (χ3n) is 3.73. The highest BCUT2D eigenvalue weighted by atomic mass is 32.2. The van der Waals surface area contributed by atoms with E-state index in [9.17, 15) is 26.8 Å². The van der Waals surface area contributed by atoms with Crippen molar-refractivity contribution in [3.63, 3.8) is 0 Å². The van der Waals surface area contributed by atoms with Gasteiger partial charge in [-0.05, 0) is 42.3 Å². The van der Waals surface area contributed by atoms with E-state index < -0.39 is 22.5 Å². The van der Waals surface area contributed by atoms with Crippen molar-refractivity contribution < 1.29 is 31.5 Å². The number of halogens is 2. The number of hydrogen-bond donors (Lipinski definition) is 3. The van der Waals surface area contributed by atoms with Crippen molar-refractivity contribution >= 4 is 33.2 Å². The first kappa shape index (κ1) is 23.1. The highest BCUT2D eigenvalue weighted by Crippen LogP contribution is 2.22. The van der Waals surface area contributed by atoms with E-state index in [0.29, 0.717) is 12.1 Å². The average Bonchev–Trinajstić information content (AvgIpc) is 2.62. The Hall–Kier alpha value is -3.21. The predicted octanol–water partition coefficient (Wildman–Crippen LogP) is 2.59. The maximum absolute atomic E-state index is 12.6. The van der Waals surface area contributed by atoms with Gasteiger partial charge >= 0.3 is 6.61 Å². The quantitative estimate of drug-likeness (QED) is 0.554. The number of amides is 2. The molecular formula is C19H21F2N3O5S. The number of rotatable bonds is 9. The van der Waals surface area contributed by atoms with Gasteiger partial charge in [0.1, 0.15) is 5.75 Å². The lowest BCUT2D eigenvalue weighted by molar-refractivity contribution is -0.114.